The van der Waals surface area contributed by atoms with Crippen LogP contribution < -0.4 is 0 Å². The average Bonchev–Trinajstić information content (AvgIpc) is 1.85. The average molecular weight is 146 g/mol. The van der Waals surface area contributed by atoms with Gasteiger partial charge >= 0.3 is 0 Å². The van der Waals surface area contributed by atoms with Crippen LogP contribution in [0.3, 0.4) is 0 Å². The fourth-order valence-electron chi connectivity index (χ4n) is 0.236. The highest BCUT2D eigenvalue weighted by Crippen LogP contribution is 1.90. The van der Waals surface area contributed by atoms with Crippen molar-refractivity contribution < 1.29 is 5.11 Å². The van der Waals surface area contributed by atoms with Crippen molar-refractivity contribution in [3.63, 3.8) is 0 Å². The van der Waals surface area contributed by atoms with Gasteiger partial charge in [-0.15, -0.1) is 0 Å². The Labute approximate surface area is 64.9 Å². The minimum Gasteiger partial charge on any atom is -0.353 e. The Morgan fingerprint density at radius 3 is 1.70 bits per heavy atom. The number of hydrogen-bond acceptors (Lipinski definition) is 2. The van der Waals surface area contributed by atoms with Crippen LogP contribution in [0.5, 0.6) is 0 Å². The Hall–Kier alpha value is -0.210. The van der Waals surface area contributed by atoms with Gasteiger partial charge < -0.3 is 10.0 Å². The van der Waals surface area contributed by atoms with Gasteiger partial charge in [0.1, 0.15) is 6.42 Å². The van der Waals surface area contributed by atoms with Gasteiger partial charge in [0.2, 0.25) is 0 Å². The summed E-state index contributed by atoms with van der Waals surface area (Å²) in [7, 11) is 6.00. The highest BCUT2D eigenvalue weighted by Gasteiger charge is 2.01. The minimum atomic E-state index is -0.190. The smallest absolute Gasteiger partial charge is 0.193 e. The zero-order valence-electron chi connectivity index (χ0n) is 7.76. The summed E-state index contributed by atoms with van der Waals surface area (Å²) in [5, 5.41) is 8.61. The summed E-state index contributed by atoms with van der Waals surface area (Å²) in [6.45, 7) is 3.80. The Morgan fingerprint density at radius 2 is 1.70 bits per heavy atom. The first-order chi connectivity index (χ1) is 4.54. The molecule has 1 atom stereocenters. The maximum Gasteiger partial charge on any atom is 0.193 e. The van der Waals surface area contributed by atoms with Crippen molar-refractivity contribution in [1.82, 2.24) is 4.90 Å². The van der Waals surface area contributed by atoms with E-state index in [9.17, 15) is 0 Å². The summed E-state index contributed by atoms with van der Waals surface area (Å²) in [6, 6.07) is 0. The summed E-state index contributed by atoms with van der Waals surface area (Å²) in [4.78, 5) is 2.00. The quantitative estimate of drug-likeness (QED) is 0.591. The Bertz CT molecular complexity index is 48.5. The molecule has 1 N–H and O–H groups in total. The van der Waals surface area contributed by atoms with Crippen molar-refractivity contribution >= 4 is 0 Å². The first-order valence-electron chi connectivity index (χ1n) is 3.63. The molecule has 0 saturated carbocycles. The van der Waals surface area contributed by atoms with E-state index >= 15 is 0 Å². The topological polar surface area (TPSA) is 23.5 Å². The highest BCUT2D eigenvalue weighted by atomic mass is 16.3. The summed E-state index contributed by atoms with van der Waals surface area (Å²) < 4.78 is 0. The highest BCUT2D eigenvalue weighted by molar-refractivity contribution is 4.65. The van der Waals surface area contributed by atoms with Crippen LogP contribution in [0.15, 0.2) is 0 Å². The van der Waals surface area contributed by atoms with Gasteiger partial charge in [-0.2, -0.15) is 0 Å². The first-order valence-corrected chi connectivity index (χ1v) is 3.63. The van der Waals surface area contributed by atoms with E-state index in [1.165, 1.54) is 0 Å². The lowest BCUT2D eigenvalue weighted by Gasteiger charge is -1.90. The molecule has 0 aliphatic carbocycles. The lowest BCUT2D eigenvalue weighted by atomic mass is 10.2. The van der Waals surface area contributed by atoms with Crippen LogP contribution in [0, 0.1) is 6.42 Å². The van der Waals surface area contributed by atoms with Crippen LogP contribution in [0.4, 0.5) is 0 Å². The monoisotopic (exact) mass is 146 g/mol. The van der Waals surface area contributed by atoms with Crippen LogP contribution in [0.25, 0.3) is 0 Å². The number of rotatable bonds is 2. The third-order valence-corrected chi connectivity index (χ3v) is 0.803. The largest absolute Gasteiger partial charge is 0.353 e. The molecule has 2 heteroatoms. The maximum atomic E-state index is 8.61. The van der Waals surface area contributed by atoms with Gasteiger partial charge in [0, 0.05) is 6.42 Å². The van der Waals surface area contributed by atoms with Crippen molar-refractivity contribution in [2.45, 2.75) is 26.4 Å². The molecule has 0 fully saturated rings. The van der Waals surface area contributed by atoms with Gasteiger partial charge in [-0.25, -0.2) is 0 Å². The normalized spacial score (nSPS) is 11.9. The van der Waals surface area contributed by atoms with E-state index in [0.717, 1.165) is 6.42 Å². The third-order valence-electron chi connectivity index (χ3n) is 0.803. The van der Waals surface area contributed by atoms with Gasteiger partial charge in [0.25, 0.3) is 0 Å². The fraction of sp³-hybridized carbons (Fsp3) is 0.875. The number of aliphatic hydroxyl groups is 1. The number of hydrogen-bond donors (Lipinski definition) is 1. The molecule has 2 nitrogen and oxygen atoms in total. The van der Waals surface area contributed by atoms with E-state index in [-0.39, 0.29) is 6.10 Å². The molecule has 1 unspecified atom stereocenters. The van der Waals surface area contributed by atoms with Crippen molar-refractivity contribution in [3.05, 3.63) is 6.42 Å². The number of nitrogens with zero attached hydrogens (tertiary/aromatic N) is 1. The van der Waals surface area contributed by atoms with Crippen LogP contribution in [-0.4, -0.2) is 37.3 Å². The van der Waals surface area contributed by atoms with E-state index in [1.807, 2.05) is 39.9 Å². The van der Waals surface area contributed by atoms with Gasteiger partial charge in [-0.05, 0) is 21.1 Å². The Kier molecular flexibility index (Phi) is 11.0. The van der Waals surface area contributed by atoms with Gasteiger partial charge in [-0.3, -0.25) is 0 Å². The lowest BCUT2D eigenvalue weighted by molar-refractivity contribution is 0.203. The molecular formula is C8H20NO+. The van der Waals surface area contributed by atoms with Crippen molar-refractivity contribution in [2.24, 2.45) is 0 Å². The zero-order valence-corrected chi connectivity index (χ0v) is 7.76. The van der Waals surface area contributed by atoms with E-state index in [4.69, 9.17) is 5.11 Å². The molecule has 0 aromatic rings. The SMILES string of the molecule is CN(C)C.C[CH+]C(O)CC. The molecule has 0 radical (unpaired) electrons. The van der Waals surface area contributed by atoms with Crippen LogP contribution in [0.1, 0.15) is 20.3 Å². The second-order valence-corrected chi connectivity index (χ2v) is 2.65. The summed E-state index contributed by atoms with van der Waals surface area (Å²) >= 11 is 0. The molecule has 0 amide bonds. The molecule has 0 saturated heterocycles. The molecule has 0 aliphatic rings. The third kappa shape index (κ3) is 25.0. The molecule has 0 spiro atoms. The van der Waals surface area contributed by atoms with Crippen molar-refractivity contribution in [1.29, 1.82) is 0 Å². The minimum absolute atomic E-state index is 0.190. The molecular weight excluding hydrogens is 126 g/mol. The summed E-state index contributed by atoms with van der Waals surface area (Å²) in [6.07, 6.45) is 2.42. The lowest BCUT2D eigenvalue weighted by Crippen LogP contribution is -2.00. The molecule has 0 aliphatic heterocycles. The standard InChI is InChI=1S/C5H11O.C3H9N/c1-3-5(6)4-2;1-4(2)3/h3,5-6H,4H2,1-2H3;1-3H3/q+1;. The van der Waals surface area contributed by atoms with Crippen molar-refractivity contribution in [3.8, 4) is 0 Å². The Balaban J connectivity index is 0. The summed E-state index contributed by atoms with van der Waals surface area (Å²) in [5.41, 5.74) is 0. The van der Waals surface area contributed by atoms with Gasteiger partial charge in [0.15, 0.2) is 6.10 Å². The Morgan fingerprint density at radius 1 is 1.40 bits per heavy atom. The predicted molar refractivity (Wildman–Crippen MR) is 45.9 cm³/mol. The molecule has 0 aromatic heterocycles. The maximum absolute atomic E-state index is 8.61. The van der Waals surface area contributed by atoms with E-state index in [0.29, 0.717) is 0 Å². The zero-order chi connectivity index (χ0) is 8.57. The van der Waals surface area contributed by atoms with Crippen LogP contribution in [-0.2, 0) is 0 Å². The second kappa shape index (κ2) is 8.79. The fourth-order valence-corrected chi connectivity index (χ4v) is 0.236. The molecule has 0 heterocycles. The molecule has 0 rings (SSSR count). The van der Waals surface area contributed by atoms with Crippen LogP contribution >= 0.6 is 0 Å². The van der Waals surface area contributed by atoms with Crippen molar-refractivity contribution in [2.75, 3.05) is 21.1 Å². The number of aliphatic hydroxyl groups excluding tert-OH is 1. The van der Waals surface area contributed by atoms with Crippen LogP contribution in [0.2, 0.25) is 0 Å². The second-order valence-electron chi connectivity index (χ2n) is 2.65. The molecule has 0 aromatic carbocycles. The molecule has 0 bridgehead atoms. The molecule has 10 heavy (non-hydrogen) atoms. The van der Waals surface area contributed by atoms with Gasteiger partial charge in [0.05, 0.1) is 6.92 Å². The van der Waals surface area contributed by atoms with E-state index in [1.54, 1.807) is 6.42 Å². The van der Waals surface area contributed by atoms with Gasteiger partial charge in [-0.1, -0.05) is 6.92 Å². The van der Waals surface area contributed by atoms with E-state index in [2.05, 4.69) is 0 Å². The summed E-state index contributed by atoms with van der Waals surface area (Å²) in [5.74, 6) is 0. The molecule has 62 valence electrons. The first kappa shape index (κ1) is 12.5. The van der Waals surface area contributed by atoms with E-state index < -0.39 is 0 Å². The predicted octanol–water partition coefficient (Wildman–Crippen LogP) is 1.16.